The van der Waals surface area contributed by atoms with Crippen molar-refractivity contribution in [2.45, 2.75) is 59.2 Å². The number of hydrogen-bond donors (Lipinski definition) is 1. The van der Waals surface area contributed by atoms with E-state index >= 15 is 0 Å². The Hall–Kier alpha value is -0.570. The van der Waals surface area contributed by atoms with Crippen LogP contribution in [0.2, 0.25) is 0 Å². The van der Waals surface area contributed by atoms with E-state index in [0.29, 0.717) is 0 Å². The predicted octanol–water partition coefficient (Wildman–Crippen LogP) is 2.13. The summed E-state index contributed by atoms with van der Waals surface area (Å²) in [5, 5.41) is 9.47. The molecule has 0 aromatic carbocycles. The Morgan fingerprint density at radius 3 is 2.40 bits per heavy atom. The lowest BCUT2D eigenvalue weighted by molar-refractivity contribution is -0.161. The summed E-state index contributed by atoms with van der Waals surface area (Å²) in [5.41, 5.74) is -0.470. The third-order valence-electron chi connectivity index (χ3n) is 3.29. The second kappa shape index (κ2) is 4.52. The molecule has 88 valence electrons. The number of esters is 1. The van der Waals surface area contributed by atoms with Crippen LogP contribution in [0.1, 0.15) is 47.0 Å². The van der Waals surface area contributed by atoms with E-state index < -0.39 is 5.41 Å². The highest BCUT2D eigenvalue weighted by Crippen LogP contribution is 2.40. The van der Waals surface area contributed by atoms with Crippen LogP contribution in [0.25, 0.3) is 0 Å². The molecular weight excluding hydrogens is 192 g/mol. The summed E-state index contributed by atoms with van der Waals surface area (Å²) in [5.74, 6) is 0.107. The molecule has 1 N–H and O–H groups in total. The Bertz CT molecular complexity index is 233. The molecule has 2 atom stereocenters. The minimum atomic E-state index is -0.470. The van der Waals surface area contributed by atoms with Crippen LogP contribution in [-0.2, 0) is 9.53 Å². The van der Waals surface area contributed by atoms with Crippen molar-refractivity contribution in [2.24, 2.45) is 11.3 Å². The summed E-state index contributed by atoms with van der Waals surface area (Å²) >= 11 is 0. The Morgan fingerprint density at radius 1 is 1.40 bits per heavy atom. The molecule has 0 aromatic rings. The Kier molecular flexibility index (Phi) is 3.77. The van der Waals surface area contributed by atoms with Gasteiger partial charge in [-0.2, -0.15) is 0 Å². The molecule has 1 rings (SSSR count). The highest BCUT2D eigenvalue weighted by molar-refractivity contribution is 5.76. The van der Waals surface area contributed by atoms with Crippen molar-refractivity contribution >= 4 is 5.97 Å². The zero-order valence-corrected chi connectivity index (χ0v) is 10.1. The van der Waals surface area contributed by atoms with Crippen molar-refractivity contribution in [1.82, 2.24) is 0 Å². The maximum atomic E-state index is 11.9. The second-order valence-corrected chi connectivity index (χ2v) is 5.34. The van der Waals surface area contributed by atoms with Crippen LogP contribution in [0.3, 0.4) is 0 Å². The fourth-order valence-electron chi connectivity index (χ4n) is 2.15. The summed E-state index contributed by atoms with van der Waals surface area (Å²) < 4.78 is 5.24. The van der Waals surface area contributed by atoms with Gasteiger partial charge in [0.05, 0.1) is 17.6 Å². The molecule has 0 amide bonds. The minimum absolute atomic E-state index is 0.0666. The number of carbonyl (C=O) groups excluding carboxylic acids is 1. The van der Waals surface area contributed by atoms with Gasteiger partial charge in [-0.1, -0.05) is 0 Å². The smallest absolute Gasteiger partial charge is 0.312 e. The molecule has 0 unspecified atom stereocenters. The van der Waals surface area contributed by atoms with Crippen molar-refractivity contribution < 1.29 is 14.6 Å². The van der Waals surface area contributed by atoms with E-state index in [1.165, 1.54) is 0 Å². The Morgan fingerprint density at radius 2 is 2.00 bits per heavy atom. The largest absolute Gasteiger partial charge is 0.463 e. The number of carbonyl (C=O) groups is 1. The number of rotatable bonds is 3. The van der Waals surface area contributed by atoms with E-state index in [4.69, 9.17) is 4.74 Å². The lowest BCUT2D eigenvalue weighted by Crippen LogP contribution is -2.35. The molecule has 0 radical (unpaired) electrons. The molecule has 1 aliphatic rings. The molecule has 0 aromatic heterocycles. The average Bonchev–Trinajstić information content (AvgIpc) is 2.50. The van der Waals surface area contributed by atoms with Crippen molar-refractivity contribution in [3.8, 4) is 0 Å². The molecule has 0 aliphatic heterocycles. The van der Waals surface area contributed by atoms with E-state index in [2.05, 4.69) is 0 Å². The molecule has 0 heterocycles. The van der Waals surface area contributed by atoms with Gasteiger partial charge in [0.15, 0.2) is 0 Å². The summed E-state index contributed by atoms with van der Waals surface area (Å²) in [6, 6.07) is 0. The molecule has 0 saturated heterocycles. The van der Waals surface area contributed by atoms with E-state index in [0.717, 1.165) is 19.3 Å². The van der Waals surface area contributed by atoms with Crippen LogP contribution in [0.4, 0.5) is 0 Å². The van der Waals surface area contributed by atoms with Gasteiger partial charge in [-0.15, -0.1) is 0 Å². The molecule has 0 spiro atoms. The molecule has 3 heteroatoms. The van der Waals surface area contributed by atoms with Gasteiger partial charge in [0.2, 0.25) is 0 Å². The van der Waals surface area contributed by atoms with Gasteiger partial charge in [0.1, 0.15) is 0 Å². The quantitative estimate of drug-likeness (QED) is 0.732. The average molecular weight is 214 g/mol. The van der Waals surface area contributed by atoms with Gasteiger partial charge >= 0.3 is 5.97 Å². The summed E-state index contributed by atoms with van der Waals surface area (Å²) in [4.78, 5) is 11.9. The lowest BCUT2D eigenvalue weighted by Gasteiger charge is -2.30. The van der Waals surface area contributed by atoms with Crippen molar-refractivity contribution in [3.05, 3.63) is 0 Å². The molecule has 3 nitrogen and oxygen atoms in total. The number of ether oxygens (including phenoxy) is 1. The molecular formula is C12H22O3. The first-order valence-electron chi connectivity index (χ1n) is 5.73. The molecule has 1 saturated carbocycles. The first kappa shape index (κ1) is 12.5. The number of aliphatic hydroxyl groups is 1. The molecule has 0 bridgehead atoms. The topological polar surface area (TPSA) is 46.5 Å². The summed E-state index contributed by atoms with van der Waals surface area (Å²) in [6.45, 7) is 7.55. The minimum Gasteiger partial charge on any atom is -0.463 e. The van der Waals surface area contributed by atoms with Gasteiger partial charge in [-0.3, -0.25) is 4.79 Å². The fraction of sp³-hybridized carbons (Fsp3) is 0.917. The number of aliphatic hydroxyl groups excluding tert-OH is 1. The van der Waals surface area contributed by atoms with Crippen molar-refractivity contribution in [1.29, 1.82) is 0 Å². The highest BCUT2D eigenvalue weighted by Gasteiger charge is 2.42. The summed E-state index contributed by atoms with van der Waals surface area (Å²) in [6.07, 6.45) is 2.15. The zero-order chi connectivity index (χ0) is 11.6. The van der Waals surface area contributed by atoms with Gasteiger partial charge in [-0.25, -0.2) is 0 Å². The van der Waals surface area contributed by atoms with Crippen molar-refractivity contribution in [2.75, 3.05) is 0 Å². The van der Waals surface area contributed by atoms with Gasteiger partial charge < -0.3 is 9.84 Å². The Labute approximate surface area is 91.8 Å². The van der Waals surface area contributed by atoms with Crippen LogP contribution >= 0.6 is 0 Å². The van der Waals surface area contributed by atoms with Gasteiger partial charge in [-0.05, 0) is 52.9 Å². The standard InChI is InChI=1S/C12H22O3/c1-8(2)15-11(14)12(3,4)9-5-6-10(13)7-9/h8-10,13H,5-7H2,1-4H3/t9-,10+/m1/s1. The first-order valence-corrected chi connectivity index (χ1v) is 5.73. The monoisotopic (exact) mass is 214 g/mol. The van der Waals surface area contributed by atoms with E-state index in [-0.39, 0.29) is 24.1 Å². The zero-order valence-electron chi connectivity index (χ0n) is 10.1. The van der Waals surface area contributed by atoms with Crippen LogP contribution in [0.5, 0.6) is 0 Å². The van der Waals surface area contributed by atoms with Crippen LogP contribution < -0.4 is 0 Å². The maximum Gasteiger partial charge on any atom is 0.312 e. The first-order chi connectivity index (χ1) is 6.84. The normalized spacial score (nSPS) is 27.1. The fourth-order valence-corrected chi connectivity index (χ4v) is 2.15. The van der Waals surface area contributed by atoms with Crippen LogP contribution in [0.15, 0.2) is 0 Å². The maximum absolute atomic E-state index is 11.9. The van der Waals surface area contributed by atoms with Crippen LogP contribution in [-0.4, -0.2) is 23.3 Å². The third-order valence-corrected chi connectivity index (χ3v) is 3.29. The highest BCUT2D eigenvalue weighted by atomic mass is 16.5. The lowest BCUT2D eigenvalue weighted by atomic mass is 9.78. The Balaban J connectivity index is 2.61. The van der Waals surface area contributed by atoms with Gasteiger partial charge in [0.25, 0.3) is 0 Å². The van der Waals surface area contributed by atoms with Crippen LogP contribution in [0, 0.1) is 11.3 Å². The van der Waals surface area contributed by atoms with Gasteiger partial charge in [0, 0.05) is 0 Å². The SMILES string of the molecule is CC(C)OC(=O)C(C)(C)[C@@H]1CC[C@H](O)C1. The van der Waals surface area contributed by atoms with E-state index in [9.17, 15) is 9.90 Å². The molecule has 1 fully saturated rings. The second-order valence-electron chi connectivity index (χ2n) is 5.34. The van der Waals surface area contributed by atoms with Crippen molar-refractivity contribution in [3.63, 3.8) is 0 Å². The predicted molar refractivity (Wildman–Crippen MR) is 58.4 cm³/mol. The van der Waals surface area contributed by atoms with E-state index in [1.807, 2.05) is 27.7 Å². The molecule has 15 heavy (non-hydrogen) atoms. The van der Waals surface area contributed by atoms with E-state index in [1.54, 1.807) is 0 Å². The molecule has 1 aliphatic carbocycles. The third kappa shape index (κ3) is 2.94. The summed E-state index contributed by atoms with van der Waals surface area (Å²) in [7, 11) is 0. The number of hydrogen-bond acceptors (Lipinski definition) is 3.